The molecule has 19 heavy (non-hydrogen) atoms. The van der Waals surface area contributed by atoms with Gasteiger partial charge in [0.15, 0.2) is 0 Å². The molecule has 2 nitrogen and oxygen atoms in total. The first-order valence-corrected chi connectivity index (χ1v) is 7.53. The predicted octanol–water partition coefficient (Wildman–Crippen LogP) is 4.62. The average Bonchev–Trinajstić information content (AvgIpc) is 2.97. The maximum Gasteiger partial charge on any atom is 0.138 e. The highest BCUT2D eigenvalue weighted by molar-refractivity contribution is 7.16. The summed E-state index contributed by atoms with van der Waals surface area (Å²) in [5.41, 5.74) is 9.74. The summed E-state index contributed by atoms with van der Waals surface area (Å²) in [6.45, 7) is 0. The highest BCUT2D eigenvalue weighted by Crippen LogP contribution is 2.43. The van der Waals surface area contributed by atoms with E-state index in [0.717, 1.165) is 33.7 Å². The fourth-order valence-electron chi connectivity index (χ4n) is 2.96. The van der Waals surface area contributed by atoms with Crippen molar-refractivity contribution in [2.75, 3.05) is 5.73 Å². The van der Waals surface area contributed by atoms with Crippen LogP contribution in [0.25, 0.3) is 22.3 Å². The number of hydrogen-bond acceptors (Lipinski definition) is 3. The van der Waals surface area contributed by atoms with E-state index in [1.54, 1.807) is 11.3 Å². The van der Waals surface area contributed by atoms with Gasteiger partial charge < -0.3 is 10.2 Å². The van der Waals surface area contributed by atoms with Crippen molar-refractivity contribution in [3.05, 3.63) is 40.8 Å². The molecule has 3 heteroatoms. The fraction of sp³-hybridized carbons (Fsp3) is 0.250. The van der Waals surface area contributed by atoms with Crippen LogP contribution in [-0.2, 0) is 12.8 Å². The smallest absolute Gasteiger partial charge is 0.138 e. The molecule has 96 valence electrons. The minimum Gasteiger partial charge on any atom is -0.456 e. The Labute approximate surface area is 115 Å². The number of anilines is 1. The van der Waals surface area contributed by atoms with E-state index in [9.17, 15) is 0 Å². The normalized spacial score (nSPS) is 14.7. The van der Waals surface area contributed by atoms with Gasteiger partial charge in [-0.05, 0) is 43.4 Å². The molecule has 0 radical (unpaired) electrons. The number of nitrogens with two attached hydrogens (primary N) is 1. The zero-order valence-corrected chi connectivity index (χ0v) is 11.4. The third-order valence-electron chi connectivity index (χ3n) is 3.87. The van der Waals surface area contributed by atoms with Crippen LogP contribution in [-0.4, -0.2) is 0 Å². The van der Waals surface area contributed by atoms with Gasteiger partial charge in [-0.15, -0.1) is 11.3 Å². The Hall–Kier alpha value is -1.74. The van der Waals surface area contributed by atoms with E-state index in [0.29, 0.717) is 0 Å². The number of fused-ring (bicyclic) bond motifs is 2. The summed E-state index contributed by atoms with van der Waals surface area (Å²) in [6.07, 6.45) is 4.85. The van der Waals surface area contributed by atoms with E-state index >= 15 is 0 Å². The predicted molar refractivity (Wildman–Crippen MR) is 80.6 cm³/mol. The molecule has 4 rings (SSSR count). The number of benzene rings is 1. The molecule has 0 atom stereocenters. The molecule has 1 aliphatic rings. The van der Waals surface area contributed by atoms with Crippen LogP contribution in [0.2, 0.25) is 0 Å². The molecule has 0 bridgehead atoms. The van der Waals surface area contributed by atoms with E-state index in [1.165, 1.54) is 29.7 Å². The number of furan rings is 1. The van der Waals surface area contributed by atoms with Crippen molar-refractivity contribution in [3.8, 4) is 11.3 Å². The van der Waals surface area contributed by atoms with Crippen LogP contribution in [0.5, 0.6) is 0 Å². The van der Waals surface area contributed by atoms with Crippen molar-refractivity contribution < 1.29 is 4.42 Å². The lowest BCUT2D eigenvalue weighted by atomic mass is 9.94. The quantitative estimate of drug-likeness (QED) is 0.700. The van der Waals surface area contributed by atoms with E-state index in [2.05, 4.69) is 12.1 Å². The summed E-state index contributed by atoms with van der Waals surface area (Å²) >= 11 is 1.74. The molecule has 0 fully saturated rings. The first-order chi connectivity index (χ1) is 9.33. The molecular weight excluding hydrogens is 254 g/mol. The average molecular weight is 269 g/mol. The highest BCUT2D eigenvalue weighted by atomic mass is 32.1. The number of nitrogen functional groups attached to an aromatic ring is 1. The third kappa shape index (κ3) is 1.69. The Morgan fingerprint density at radius 1 is 1.11 bits per heavy atom. The van der Waals surface area contributed by atoms with E-state index in [1.807, 2.05) is 18.2 Å². The van der Waals surface area contributed by atoms with Crippen molar-refractivity contribution >= 4 is 27.3 Å². The molecule has 0 unspecified atom stereocenters. The minimum atomic E-state index is 0.908. The SMILES string of the molecule is Nc1sc2c(c1-c1cc3ccccc3o1)CCCC2. The summed E-state index contributed by atoms with van der Waals surface area (Å²) in [7, 11) is 0. The topological polar surface area (TPSA) is 39.2 Å². The van der Waals surface area contributed by atoms with Crippen LogP contribution in [0.4, 0.5) is 5.00 Å². The molecular formula is C16H15NOS. The van der Waals surface area contributed by atoms with Gasteiger partial charge in [0.25, 0.3) is 0 Å². The van der Waals surface area contributed by atoms with Crippen molar-refractivity contribution in [2.45, 2.75) is 25.7 Å². The van der Waals surface area contributed by atoms with Gasteiger partial charge >= 0.3 is 0 Å². The van der Waals surface area contributed by atoms with Crippen molar-refractivity contribution in [2.24, 2.45) is 0 Å². The zero-order chi connectivity index (χ0) is 12.8. The lowest BCUT2D eigenvalue weighted by Crippen LogP contribution is -1.99. The van der Waals surface area contributed by atoms with Gasteiger partial charge in [-0.3, -0.25) is 0 Å². The number of hydrogen-bond donors (Lipinski definition) is 1. The van der Waals surface area contributed by atoms with Crippen LogP contribution in [0, 0.1) is 0 Å². The van der Waals surface area contributed by atoms with E-state index < -0.39 is 0 Å². The second-order valence-electron chi connectivity index (χ2n) is 5.10. The van der Waals surface area contributed by atoms with Crippen molar-refractivity contribution in [1.82, 2.24) is 0 Å². The second-order valence-corrected chi connectivity index (χ2v) is 6.24. The fourth-order valence-corrected chi connectivity index (χ4v) is 4.13. The molecule has 2 N–H and O–H groups in total. The van der Waals surface area contributed by atoms with Crippen LogP contribution >= 0.6 is 11.3 Å². The zero-order valence-electron chi connectivity index (χ0n) is 10.6. The van der Waals surface area contributed by atoms with Gasteiger partial charge in [0.2, 0.25) is 0 Å². The van der Waals surface area contributed by atoms with E-state index in [-0.39, 0.29) is 0 Å². The summed E-state index contributed by atoms with van der Waals surface area (Å²) in [6, 6.07) is 10.2. The molecule has 2 heterocycles. The summed E-state index contributed by atoms with van der Waals surface area (Å²) in [5.74, 6) is 0.929. The van der Waals surface area contributed by atoms with Gasteiger partial charge in [0, 0.05) is 10.3 Å². The molecule has 1 aliphatic carbocycles. The molecule has 0 saturated heterocycles. The minimum absolute atomic E-state index is 0.908. The Bertz CT molecular complexity index is 720. The Morgan fingerprint density at radius 2 is 1.95 bits per heavy atom. The second kappa shape index (κ2) is 4.14. The number of rotatable bonds is 1. The Balaban J connectivity index is 1.94. The molecule has 0 aliphatic heterocycles. The molecule has 2 aromatic heterocycles. The summed E-state index contributed by atoms with van der Waals surface area (Å²) in [4.78, 5) is 1.46. The summed E-state index contributed by atoms with van der Waals surface area (Å²) in [5, 5.41) is 2.05. The largest absolute Gasteiger partial charge is 0.456 e. The number of aryl methyl sites for hydroxylation is 1. The van der Waals surface area contributed by atoms with Gasteiger partial charge in [0.05, 0.1) is 10.6 Å². The third-order valence-corrected chi connectivity index (χ3v) is 4.99. The molecule has 0 spiro atoms. The Morgan fingerprint density at radius 3 is 2.84 bits per heavy atom. The number of para-hydroxylation sites is 1. The van der Waals surface area contributed by atoms with Crippen LogP contribution in [0.3, 0.4) is 0 Å². The standard InChI is InChI=1S/C16H15NOS/c17-16-15(11-6-2-4-8-14(11)19-16)13-9-10-5-1-3-7-12(10)18-13/h1,3,5,7,9H,2,4,6,8,17H2. The molecule has 0 saturated carbocycles. The molecule has 1 aromatic carbocycles. The van der Waals surface area contributed by atoms with E-state index in [4.69, 9.17) is 10.2 Å². The van der Waals surface area contributed by atoms with Gasteiger partial charge in [0.1, 0.15) is 11.3 Å². The lowest BCUT2D eigenvalue weighted by Gasteiger charge is -2.11. The van der Waals surface area contributed by atoms with Gasteiger partial charge in [-0.2, -0.15) is 0 Å². The van der Waals surface area contributed by atoms with Crippen molar-refractivity contribution in [1.29, 1.82) is 0 Å². The first kappa shape index (κ1) is 11.1. The first-order valence-electron chi connectivity index (χ1n) is 6.72. The molecule has 3 aromatic rings. The maximum absolute atomic E-state index is 6.23. The van der Waals surface area contributed by atoms with Crippen LogP contribution < -0.4 is 5.73 Å². The maximum atomic E-state index is 6.23. The van der Waals surface area contributed by atoms with Crippen LogP contribution in [0.1, 0.15) is 23.3 Å². The van der Waals surface area contributed by atoms with Crippen molar-refractivity contribution in [3.63, 3.8) is 0 Å². The molecule has 0 amide bonds. The number of thiophene rings is 1. The highest BCUT2D eigenvalue weighted by Gasteiger charge is 2.22. The monoisotopic (exact) mass is 269 g/mol. The van der Waals surface area contributed by atoms with Gasteiger partial charge in [-0.1, -0.05) is 18.2 Å². The van der Waals surface area contributed by atoms with Crippen LogP contribution in [0.15, 0.2) is 34.7 Å². The summed E-state index contributed by atoms with van der Waals surface area (Å²) < 4.78 is 5.99. The van der Waals surface area contributed by atoms with Gasteiger partial charge in [-0.25, -0.2) is 0 Å². The Kier molecular flexibility index (Phi) is 2.42. The lowest BCUT2D eigenvalue weighted by molar-refractivity contribution is 0.628.